The number of hydrogen-bond acceptors (Lipinski definition) is 4. The Morgan fingerprint density at radius 2 is 1.71 bits per heavy atom. The number of likely N-dealkylation sites (N-methyl/N-ethyl adjacent to an activating group) is 2. The van der Waals surface area contributed by atoms with Gasteiger partial charge in [0.25, 0.3) is 11.8 Å². The zero-order valence-corrected chi connectivity index (χ0v) is 17.2. The first kappa shape index (κ1) is 20.0. The van der Waals surface area contributed by atoms with Gasteiger partial charge in [0.05, 0.1) is 0 Å². The van der Waals surface area contributed by atoms with E-state index in [1.807, 2.05) is 6.92 Å². The second-order valence-electron chi connectivity index (χ2n) is 8.16. The predicted molar refractivity (Wildman–Crippen MR) is 105 cm³/mol. The molecule has 1 aromatic carbocycles. The standard InChI is InChI=1S/C21H26FN3O3/c1-7-25-17-10-16(22)13(8-14(17)12(2)11-21(25,3)4)9-15-18(26)23(5)20(28)24(6)19(15)27/h8-10,12H,7,11H2,1-6H3. The Hall–Kier alpha value is -2.70. The van der Waals surface area contributed by atoms with E-state index in [-0.39, 0.29) is 22.6 Å². The summed E-state index contributed by atoms with van der Waals surface area (Å²) in [6.45, 7) is 9.18. The summed E-state index contributed by atoms with van der Waals surface area (Å²) in [5.74, 6) is -1.75. The molecule has 0 spiro atoms. The fourth-order valence-corrected chi connectivity index (χ4v) is 4.36. The van der Waals surface area contributed by atoms with Gasteiger partial charge in [0.2, 0.25) is 0 Å². The van der Waals surface area contributed by atoms with Crippen molar-refractivity contribution in [3.63, 3.8) is 0 Å². The molecule has 3 rings (SSSR count). The highest BCUT2D eigenvalue weighted by molar-refractivity contribution is 6.30. The number of nitrogens with zero attached hydrogens (tertiary/aromatic N) is 3. The molecule has 0 radical (unpaired) electrons. The summed E-state index contributed by atoms with van der Waals surface area (Å²) in [6.07, 6.45) is 2.16. The summed E-state index contributed by atoms with van der Waals surface area (Å²) >= 11 is 0. The Morgan fingerprint density at radius 3 is 2.25 bits per heavy atom. The van der Waals surface area contributed by atoms with Crippen LogP contribution in [0.15, 0.2) is 17.7 Å². The highest BCUT2D eigenvalue weighted by Gasteiger charge is 2.39. The molecule has 1 fully saturated rings. The number of barbiturate groups is 1. The lowest BCUT2D eigenvalue weighted by Gasteiger charge is -2.47. The van der Waals surface area contributed by atoms with Crippen LogP contribution in [0.4, 0.5) is 14.9 Å². The number of anilines is 1. The predicted octanol–water partition coefficient (Wildman–Crippen LogP) is 3.37. The number of amides is 4. The second kappa shape index (κ2) is 6.72. The minimum Gasteiger partial charge on any atom is -0.366 e. The highest BCUT2D eigenvalue weighted by atomic mass is 19.1. The largest absolute Gasteiger partial charge is 0.366 e. The molecule has 0 N–H and O–H groups in total. The van der Waals surface area contributed by atoms with Gasteiger partial charge in [-0.15, -0.1) is 0 Å². The van der Waals surface area contributed by atoms with Gasteiger partial charge in [-0.25, -0.2) is 9.18 Å². The van der Waals surface area contributed by atoms with Crippen molar-refractivity contribution in [3.8, 4) is 0 Å². The summed E-state index contributed by atoms with van der Waals surface area (Å²) in [7, 11) is 2.60. The average Bonchev–Trinajstić information content (AvgIpc) is 2.62. The van der Waals surface area contributed by atoms with Gasteiger partial charge < -0.3 is 4.90 Å². The molecule has 6 nitrogen and oxygen atoms in total. The molecule has 2 heterocycles. The van der Waals surface area contributed by atoms with Crippen LogP contribution in [0.3, 0.4) is 0 Å². The molecule has 0 aliphatic carbocycles. The molecular weight excluding hydrogens is 361 g/mol. The topological polar surface area (TPSA) is 60.9 Å². The maximum absolute atomic E-state index is 15.0. The average molecular weight is 387 g/mol. The van der Waals surface area contributed by atoms with Crippen molar-refractivity contribution in [2.75, 3.05) is 25.5 Å². The van der Waals surface area contributed by atoms with E-state index in [1.165, 1.54) is 26.2 Å². The van der Waals surface area contributed by atoms with E-state index in [1.54, 1.807) is 6.07 Å². The van der Waals surface area contributed by atoms with Crippen LogP contribution >= 0.6 is 0 Å². The Bertz CT molecular complexity index is 880. The van der Waals surface area contributed by atoms with E-state index in [4.69, 9.17) is 0 Å². The van der Waals surface area contributed by atoms with Crippen LogP contribution in [0.5, 0.6) is 0 Å². The molecule has 1 atom stereocenters. The normalized spacial score (nSPS) is 22.0. The number of rotatable bonds is 2. The Kier molecular flexibility index (Phi) is 4.81. The van der Waals surface area contributed by atoms with Gasteiger partial charge in [-0.2, -0.15) is 0 Å². The van der Waals surface area contributed by atoms with Crippen LogP contribution in [0.1, 0.15) is 51.2 Å². The van der Waals surface area contributed by atoms with Crippen LogP contribution in [0, 0.1) is 5.82 Å². The van der Waals surface area contributed by atoms with Crippen molar-refractivity contribution in [1.82, 2.24) is 9.80 Å². The number of carbonyl (C=O) groups is 3. The van der Waals surface area contributed by atoms with E-state index in [9.17, 15) is 18.8 Å². The zero-order valence-electron chi connectivity index (χ0n) is 17.2. The lowest BCUT2D eigenvalue weighted by Crippen LogP contribution is -2.52. The molecule has 1 unspecified atom stereocenters. The minimum absolute atomic E-state index is 0.0886. The number of benzene rings is 1. The summed E-state index contributed by atoms with van der Waals surface area (Å²) in [5.41, 5.74) is 1.70. The van der Waals surface area contributed by atoms with Crippen molar-refractivity contribution in [2.24, 2.45) is 0 Å². The maximum Gasteiger partial charge on any atom is 0.333 e. The number of urea groups is 1. The third-order valence-corrected chi connectivity index (χ3v) is 5.76. The van der Waals surface area contributed by atoms with Crippen LogP contribution in [-0.4, -0.2) is 53.8 Å². The Morgan fingerprint density at radius 1 is 1.14 bits per heavy atom. The molecule has 7 heteroatoms. The van der Waals surface area contributed by atoms with Crippen molar-refractivity contribution in [3.05, 3.63) is 34.6 Å². The summed E-state index contributed by atoms with van der Waals surface area (Å²) < 4.78 is 15.0. The van der Waals surface area contributed by atoms with E-state index in [2.05, 4.69) is 25.7 Å². The number of carbonyl (C=O) groups excluding carboxylic acids is 3. The first-order valence-electron chi connectivity index (χ1n) is 9.42. The molecule has 1 saturated heterocycles. The van der Waals surface area contributed by atoms with Gasteiger partial charge in [0.15, 0.2) is 0 Å². The lowest BCUT2D eigenvalue weighted by atomic mass is 9.79. The third kappa shape index (κ3) is 2.99. The molecule has 0 aromatic heterocycles. The SMILES string of the molecule is CCN1c2cc(F)c(C=C3C(=O)N(C)C(=O)N(C)C3=O)cc2C(C)CC1(C)C. The molecule has 0 saturated carbocycles. The van der Waals surface area contributed by atoms with E-state index in [0.29, 0.717) is 0 Å². The first-order valence-corrected chi connectivity index (χ1v) is 9.42. The minimum atomic E-state index is -0.727. The van der Waals surface area contributed by atoms with Crippen molar-refractivity contribution < 1.29 is 18.8 Å². The number of halogens is 1. The molecule has 4 amide bonds. The third-order valence-electron chi connectivity index (χ3n) is 5.76. The first-order chi connectivity index (χ1) is 13.0. The van der Waals surface area contributed by atoms with Gasteiger partial charge in [-0.3, -0.25) is 19.4 Å². The molecule has 1 aromatic rings. The molecule has 28 heavy (non-hydrogen) atoms. The van der Waals surface area contributed by atoms with Gasteiger partial charge >= 0.3 is 6.03 Å². The van der Waals surface area contributed by atoms with Crippen molar-refractivity contribution in [2.45, 2.75) is 45.6 Å². The zero-order chi connectivity index (χ0) is 21.0. The summed E-state index contributed by atoms with van der Waals surface area (Å²) in [6, 6.07) is 2.50. The number of hydrogen-bond donors (Lipinski definition) is 0. The number of fused-ring (bicyclic) bond motifs is 1. The van der Waals surface area contributed by atoms with Gasteiger partial charge in [-0.05, 0) is 56.9 Å². The van der Waals surface area contributed by atoms with Gasteiger partial charge in [-0.1, -0.05) is 6.92 Å². The second-order valence-corrected chi connectivity index (χ2v) is 8.16. The molecule has 150 valence electrons. The number of imide groups is 2. The summed E-state index contributed by atoms with van der Waals surface area (Å²) in [4.78, 5) is 40.6. The smallest absolute Gasteiger partial charge is 0.333 e. The Labute approximate surface area is 164 Å². The molecular formula is C21H26FN3O3. The molecule has 2 aliphatic rings. The maximum atomic E-state index is 15.0. The lowest BCUT2D eigenvalue weighted by molar-refractivity contribution is -0.134. The highest BCUT2D eigenvalue weighted by Crippen LogP contribution is 2.44. The van der Waals surface area contributed by atoms with Crippen LogP contribution in [-0.2, 0) is 9.59 Å². The van der Waals surface area contributed by atoms with E-state index >= 15 is 0 Å². The van der Waals surface area contributed by atoms with Gasteiger partial charge in [0, 0.05) is 37.4 Å². The van der Waals surface area contributed by atoms with Crippen molar-refractivity contribution >= 4 is 29.6 Å². The summed E-state index contributed by atoms with van der Waals surface area (Å²) in [5, 5.41) is 0. The van der Waals surface area contributed by atoms with E-state index in [0.717, 1.165) is 34.0 Å². The fourth-order valence-electron chi connectivity index (χ4n) is 4.36. The van der Waals surface area contributed by atoms with Crippen LogP contribution in [0.25, 0.3) is 6.08 Å². The van der Waals surface area contributed by atoms with Crippen LogP contribution < -0.4 is 4.90 Å². The van der Waals surface area contributed by atoms with E-state index < -0.39 is 23.7 Å². The van der Waals surface area contributed by atoms with Gasteiger partial charge in [0.1, 0.15) is 11.4 Å². The quantitative estimate of drug-likeness (QED) is 0.577. The fraction of sp³-hybridized carbons (Fsp3) is 0.476. The van der Waals surface area contributed by atoms with Crippen molar-refractivity contribution in [1.29, 1.82) is 0 Å². The molecule has 0 bridgehead atoms. The molecule has 2 aliphatic heterocycles. The monoisotopic (exact) mass is 387 g/mol. The Balaban J connectivity index is 2.12. The van der Waals surface area contributed by atoms with Crippen LogP contribution in [0.2, 0.25) is 0 Å².